The zero-order valence-electron chi connectivity index (χ0n) is 20.3. The number of carbonyl (C=O) groups is 3. The average Bonchev–Trinajstić information content (AvgIpc) is 3.48. The normalized spacial score (nSPS) is 11.5. The summed E-state index contributed by atoms with van der Waals surface area (Å²) in [6.07, 6.45) is 5.71. The van der Waals surface area contributed by atoms with Gasteiger partial charge in [0.15, 0.2) is 0 Å². The van der Waals surface area contributed by atoms with Gasteiger partial charge in [-0.15, -0.1) is 0 Å². The molecular weight excluding hydrogens is 458 g/mol. The van der Waals surface area contributed by atoms with Crippen LogP contribution in [0.3, 0.4) is 0 Å². The van der Waals surface area contributed by atoms with Crippen LogP contribution in [0.5, 0.6) is 0 Å². The van der Waals surface area contributed by atoms with Gasteiger partial charge in [-0.25, -0.2) is 4.79 Å². The van der Waals surface area contributed by atoms with E-state index < -0.39 is 11.7 Å². The molecule has 2 amide bonds. The predicted octanol–water partition coefficient (Wildman–Crippen LogP) is 5.60. The van der Waals surface area contributed by atoms with Crippen molar-refractivity contribution in [3.63, 3.8) is 0 Å². The van der Waals surface area contributed by atoms with Crippen molar-refractivity contribution < 1.29 is 23.5 Å². The van der Waals surface area contributed by atoms with Crippen LogP contribution in [0.1, 0.15) is 42.5 Å². The molecule has 0 saturated carbocycles. The lowest BCUT2D eigenvalue weighted by Crippen LogP contribution is -2.26. The van der Waals surface area contributed by atoms with E-state index in [1.54, 1.807) is 75.7 Å². The Morgan fingerprint density at radius 1 is 1.03 bits per heavy atom. The molecule has 0 spiro atoms. The molecule has 2 N–H and O–H groups in total. The summed E-state index contributed by atoms with van der Waals surface area (Å²) in [6.45, 7) is 5.68. The first-order chi connectivity index (χ1) is 17.2. The van der Waals surface area contributed by atoms with Crippen molar-refractivity contribution in [3.05, 3.63) is 96.1 Å². The molecule has 0 fully saturated rings. The topological polar surface area (TPSA) is 103 Å². The summed E-state index contributed by atoms with van der Waals surface area (Å²) in [4.78, 5) is 37.7. The lowest BCUT2D eigenvalue weighted by Gasteiger charge is -2.19. The van der Waals surface area contributed by atoms with Gasteiger partial charge in [0.1, 0.15) is 11.4 Å². The number of fused-ring (bicyclic) bond motifs is 1. The maximum atomic E-state index is 12.7. The largest absolute Gasteiger partial charge is 0.467 e. The maximum Gasteiger partial charge on any atom is 0.419 e. The van der Waals surface area contributed by atoms with E-state index in [1.165, 1.54) is 10.6 Å². The molecule has 36 heavy (non-hydrogen) atoms. The lowest BCUT2D eigenvalue weighted by atomic mass is 10.1. The fraction of sp³-hybridized carbons (Fsp3) is 0.179. The van der Waals surface area contributed by atoms with E-state index in [9.17, 15) is 14.4 Å². The lowest BCUT2D eigenvalue weighted by molar-refractivity contribution is -0.111. The molecule has 8 heteroatoms. The van der Waals surface area contributed by atoms with Gasteiger partial charge in [-0.05, 0) is 63.2 Å². The zero-order chi connectivity index (χ0) is 25.7. The van der Waals surface area contributed by atoms with E-state index in [-0.39, 0.29) is 18.4 Å². The van der Waals surface area contributed by atoms with Crippen LogP contribution in [0.25, 0.3) is 17.0 Å². The third-order valence-electron chi connectivity index (χ3n) is 5.14. The Labute approximate surface area is 208 Å². The van der Waals surface area contributed by atoms with Crippen LogP contribution in [-0.4, -0.2) is 28.1 Å². The van der Waals surface area contributed by atoms with Gasteiger partial charge in [-0.2, -0.15) is 0 Å². The monoisotopic (exact) mass is 485 g/mol. The molecular formula is C28H27N3O5. The molecule has 0 radical (unpaired) electrons. The minimum Gasteiger partial charge on any atom is -0.467 e. The Hall–Kier alpha value is -4.59. The number of anilines is 1. The quantitative estimate of drug-likeness (QED) is 0.346. The molecule has 0 unspecified atom stereocenters. The SMILES string of the molecule is CC(C)(C)OC(=O)n1cc(C=CC(=O)Nc2cccc(C(=O)NCc3ccco3)c2)c2ccccc21. The number of furan rings is 1. The second kappa shape index (κ2) is 10.4. The summed E-state index contributed by atoms with van der Waals surface area (Å²) in [6, 6.07) is 17.6. The van der Waals surface area contributed by atoms with E-state index in [2.05, 4.69) is 10.6 Å². The molecule has 4 rings (SSSR count). The first kappa shape index (κ1) is 24.5. The number of hydrogen-bond donors (Lipinski definition) is 2. The average molecular weight is 486 g/mol. The van der Waals surface area contributed by atoms with Crippen molar-refractivity contribution in [2.45, 2.75) is 32.9 Å². The van der Waals surface area contributed by atoms with Gasteiger partial charge in [0.05, 0.1) is 18.3 Å². The van der Waals surface area contributed by atoms with Gasteiger partial charge in [0.25, 0.3) is 5.91 Å². The highest BCUT2D eigenvalue weighted by Gasteiger charge is 2.20. The van der Waals surface area contributed by atoms with Gasteiger partial charge in [0, 0.05) is 34.5 Å². The number of benzene rings is 2. The van der Waals surface area contributed by atoms with E-state index in [4.69, 9.17) is 9.15 Å². The fourth-order valence-electron chi connectivity index (χ4n) is 3.57. The Morgan fingerprint density at radius 3 is 2.58 bits per heavy atom. The van der Waals surface area contributed by atoms with Crippen molar-refractivity contribution in [1.29, 1.82) is 0 Å². The van der Waals surface area contributed by atoms with Crippen LogP contribution in [0.4, 0.5) is 10.5 Å². The van der Waals surface area contributed by atoms with Crippen molar-refractivity contribution in [3.8, 4) is 0 Å². The number of nitrogens with one attached hydrogen (secondary N) is 2. The summed E-state index contributed by atoms with van der Waals surface area (Å²) in [5, 5.41) is 6.34. The van der Waals surface area contributed by atoms with Gasteiger partial charge >= 0.3 is 6.09 Å². The first-order valence-corrected chi connectivity index (χ1v) is 11.4. The second-order valence-corrected chi connectivity index (χ2v) is 9.12. The summed E-state index contributed by atoms with van der Waals surface area (Å²) in [7, 11) is 0. The number of aromatic nitrogens is 1. The molecule has 8 nitrogen and oxygen atoms in total. The molecule has 0 aliphatic carbocycles. The van der Waals surface area contributed by atoms with Gasteiger partial charge < -0.3 is 19.8 Å². The van der Waals surface area contributed by atoms with Crippen LogP contribution in [0.2, 0.25) is 0 Å². The third kappa shape index (κ3) is 6.09. The van der Waals surface area contributed by atoms with E-state index in [1.807, 2.05) is 24.3 Å². The highest BCUT2D eigenvalue weighted by atomic mass is 16.6. The van der Waals surface area contributed by atoms with Crippen molar-refractivity contribution in [1.82, 2.24) is 9.88 Å². The predicted molar refractivity (Wildman–Crippen MR) is 138 cm³/mol. The molecule has 0 saturated heterocycles. The maximum absolute atomic E-state index is 12.7. The Balaban J connectivity index is 1.45. The number of ether oxygens (including phenoxy) is 1. The molecule has 0 atom stereocenters. The second-order valence-electron chi connectivity index (χ2n) is 9.12. The number of amides is 2. The number of para-hydroxylation sites is 1. The number of hydrogen-bond acceptors (Lipinski definition) is 5. The van der Waals surface area contributed by atoms with Crippen LogP contribution in [0.15, 0.2) is 83.6 Å². The van der Waals surface area contributed by atoms with Crippen LogP contribution in [-0.2, 0) is 16.1 Å². The first-order valence-electron chi connectivity index (χ1n) is 11.4. The van der Waals surface area contributed by atoms with Gasteiger partial charge in [-0.3, -0.25) is 14.2 Å². The molecule has 2 aromatic carbocycles. The minimum atomic E-state index is -0.636. The number of rotatable bonds is 6. The third-order valence-corrected chi connectivity index (χ3v) is 5.14. The Morgan fingerprint density at radius 2 is 1.83 bits per heavy atom. The van der Waals surface area contributed by atoms with E-state index >= 15 is 0 Å². The minimum absolute atomic E-state index is 0.266. The Bertz CT molecular complexity index is 1430. The van der Waals surface area contributed by atoms with Crippen molar-refractivity contribution >= 4 is 40.6 Å². The zero-order valence-corrected chi connectivity index (χ0v) is 20.3. The smallest absolute Gasteiger partial charge is 0.419 e. The molecule has 2 aromatic heterocycles. The molecule has 0 aliphatic rings. The molecule has 0 aliphatic heterocycles. The molecule has 184 valence electrons. The highest BCUT2D eigenvalue weighted by Crippen LogP contribution is 2.24. The van der Waals surface area contributed by atoms with E-state index in [0.717, 1.165) is 5.39 Å². The molecule has 0 bridgehead atoms. The summed E-state index contributed by atoms with van der Waals surface area (Å²) >= 11 is 0. The fourth-order valence-corrected chi connectivity index (χ4v) is 3.57. The number of carbonyl (C=O) groups excluding carboxylic acids is 3. The molecule has 4 aromatic rings. The van der Waals surface area contributed by atoms with Gasteiger partial charge in [-0.1, -0.05) is 24.3 Å². The van der Waals surface area contributed by atoms with Crippen molar-refractivity contribution in [2.24, 2.45) is 0 Å². The molecule has 2 heterocycles. The summed E-state index contributed by atoms with van der Waals surface area (Å²) < 4.78 is 12.2. The summed E-state index contributed by atoms with van der Waals surface area (Å²) in [5.41, 5.74) is 1.62. The summed E-state index contributed by atoms with van der Waals surface area (Å²) in [5.74, 6) is -0.0174. The van der Waals surface area contributed by atoms with Crippen molar-refractivity contribution in [2.75, 3.05) is 5.32 Å². The van der Waals surface area contributed by atoms with Crippen LogP contribution < -0.4 is 10.6 Å². The number of nitrogens with zero attached hydrogens (tertiary/aromatic N) is 1. The Kier molecular flexibility index (Phi) is 7.05. The van der Waals surface area contributed by atoms with Crippen LogP contribution >= 0.6 is 0 Å². The van der Waals surface area contributed by atoms with Crippen LogP contribution in [0, 0.1) is 0 Å². The standard InChI is InChI=1S/C28H27N3O5/c1-28(2,3)36-27(34)31-18-20(23-11-4-5-12-24(23)31)13-14-25(32)30-21-9-6-8-19(16-21)26(33)29-17-22-10-7-15-35-22/h4-16,18H,17H2,1-3H3,(H,29,33)(H,30,32). The highest BCUT2D eigenvalue weighted by molar-refractivity contribution is 6.05. The van der Waals surface area contributed by atoms with E-state index in [0.29, 0.717) is 28.1 Å². The van der Waals surface area contributed by atoms with Gasteiger partial charge in [0.2, 0.25) is 5.91 Å².